The number of fused-ring (bicyclic) bond motifs is 1. The van der Waals surface area contributed by atoms with E-state index in [1.165, 1.54) is 10.9 Å². The average Bonchev–Trinajstić information content (AvgIpc) is 3.17. The van der Waals surface area contributed by atoms with Crippen LogP contribution in [0.2, 0.25) is 5.02 Å². The maximum Gasteiger partial charge on any atom is 0.269 e. The van der Waals surface area contributed by atoms with Gasteiger partial charge in [-0.15, -0.1) is 5.10 Å². The van der Waals surface area contributed by atoms with Crippen molar-refractivity contribution in [2.75, 3.05) is 0 Å². The highest BCUT2D eigenvalue weighted by Crippen LogP contribution is 2.39. The lowest BCUT2D eigenvalue weighted by molar-refractivity contribution is 0.328. The molecule has 2 atom stereocenters. The minimum Gasteiger partial charge on any atom is -0.239 e. The molecule has 1 aliphatic rings. The van der Waals surface area contributed by atoms with Crippen LogP contribution in [0.25, 0.3) is 5.95 Å². The largest absolute Gasteiger partial charge is 0.269 e. The van der Waals surface area contributed by atoms with Crippen molar-refractivity contribution in [2.45, 2.75) is 18.6 Å². The van der Waals surface area contributed by atoms with Crippen molar-refractivity contribution in [3.8, 4) is 5.95 Å². The maximum atomic E-state index is 14.2. The third-order valence-electron chi connectivity index (χ3n) is 3.59. The molecule has 0 unspecified atom stereocenters. The number of alkyl halides is 1. The van der Waals surface area contributed by atoms with Crippen LogP contribution in [-0.2, 0) is 0 Å². The van der Waals surface area contributed by atoms with Gasteiger partial charge in [-0.25, -0.2) is 13.8 Å². The zero-order chi connectivity index (χ0) is 14.4. The highest BCUT2D eigenvalue weighted by atomic mass is 35.5. The molecule has 5 nitrogen and oxygen atoms in total. The van der Waals surface area contributed by atoms with E-state index in [-0.39, 0.29) is 6.04 Å². The van der Waals surface area contributed by atoms with E-state index in [0.29, 0.717) is 23.2 Å². The Morgan fingerprint density at radius 1 is 1.24 bits per heavy atom. The first-order valence-electron chi connectivity index (χ1n) is 6.58. The molecule has 0 fully saturated rings. The Kier molecular flexibility index (Phi) is 2.78. The monoisotopic (exact) mass is 303 g/mol. The summed E-state index contributed by atoms with van der Waals surface area (Å²) in [4.78, 5) is 4.25. The Hall–Kier alpha value is -2.21. The van der Waals surface area contributed by atoms with Gasteiger partial charge in [0.25, 0.3) is 5.95 Å². The fourth-order valence-electron chi connectivity index (χ4n) is 2.63. The molecular formula is C14H11ClFN5. The van der Waals surface area contributed by atoms with Gasteiger partial charge in [0.15, 0.2) is 12.0 Å². The molecule has 0 saturated heterocycles. The minimum absolute atomic E-state index is 0.136. The molecule has 0 amide bonds. The van der Waals surface area contributed by atoms with Crippen LogP contribution < -0.4 is 0 Å². The normalized spacial score (nSPS) is 20.7. The van der Waals surface area contributed by atoms with Crippen LogP contribution in [0.4, 0.5) is 4.39 Å². The van der Waals surface area contributed by atoms with Crippen LogP contribution >= 0.6 is 11.6 Å². The topological polar surface area (TPSA) is 48.5 Å². The summed E-state index contributed by atoms with van der Waals surface area (Å²) in [5.74, 6) is 0.672. The zero-order valence-electron chi connectivity index (χ0n) is 10.9. The molecular weight excluding hydrogens is 293 g/mol. The molecule has 1 aliphatic heterocycles. The van der Waals surface area contributed by atoms with Crippen molar-refractivity contribution in [3.05, 3.63) is 59.1 Å². The lowest BCUT2D eigenvalue weighted by atomic mass is 10.0. The smallest absolute Gasteiger partial charge is 0.239 e. The van der Waals surface area contributed by atoms with E-state index in [0.717, 1.165) is 5.56 Å². The van der Waals surface area contributed by atoms with Gasteiger partial charge < -0.3 is 0 Å². The Labute approximate surface area is 125 Å². The number of aromatic nitrogens is 5. The van der Waals surface area contributed by atoms with E-state index in [1.54, 1.807) is 10.9 Å². The SMILES string of the molecule is F[C@H]1C[C@@H](c2ccccc2)n2nc(-n3cc(Cl)cn3)nc21. The second kappa shape index (κ2) is 4.66. The van der Waals surface area contributed by atoms with Crippen LogP contribution in [0.5, 0.6) is 0 Å². The zero-order valence-corrected chi connectivity index (χ0v) is 11.7. The summed E-state index contributed by atoms with van der Waals surface area (Å²) in [7, 11) is 0. The second-order valence-electron chi connectivity index (χ2n) is 4.95. The van der Waals surface area contributed by atoms with Crippen molar-refractivity contribution < 1.29 is 4.39 Å². The Balaban J connectivity index is 1.77. The Bertz CT molecular complexity index is 782. The molecule has 0 aliphatic carbocycles. The maximum absolute atomic E-state index is 14.2. The highest BCUT2D eigenvalue weighted by molar-refractivity contribution is 6.30. The summed E-state index contributed by atoms with van der Waals surface area (Å²) in [6, 6.07) is 9.61. The third-order valence-corrected chi connectivity index (χ3v) is 3.79. The van der Waals surface area contributed by atoms with E-state index in [2.05, 4.69) is 15.2 Å². The van der Waals surface area contributed by atoms with Crippen LogP contribution in [0.1, 0.15) is 30.0 Å². The molecule has 4 rings (SSSR count). The molecule has 21 heavy (non-hydrogen) atoms. The molecule has 0 saturated carbocycles. The van der Waals surface area contributed by atoms with Crippen molar-refractivity contribution >= 4 is 11.6 Å². The van der Waals surface area contributed by atoms with Gasteiger partial charge in [-0.3, -0.25) is 0 Å². The van der Waals surface area contributed by atoms with Gasteiger partial charge in [0.2, 0.25) is 0 Å². The number of rotatable bonds is 2. The predicted octanol–water partition coefficient (Wildman–Crippen LogP) is 3.12. The average molecular weight is 304 g/mol. The van der Waals surface area contributed by atoms with E-state index in [4.69, 9.17) is 11.6 Å². The molecule has 3 aromatic rings. The first kappa shape index (κ1) is 12.5. The Morgan fingerprint density at radius 3 is 2.76 bits per heavy atom. The van der Waals surface area contributed by atoms with Gasteiger partial charge in [-0.1, -0.05) is 41.9 Å². The summed E-state index contributed by atoms with van der Waals surface area (Å²) < 4.78 is 17.3. The second-order valence-corrected chi connectivity index (χ2v) is 5.38. The molecule has 0 bridgehead atoms. The summed E-state index contributed by atoms with van der Waals surface area (Å²) in [5, 5.41) is 8.92. The summed E-state index contributed by atoms with van der Waals surface area (Å²) in [5.41, 5.74) is 1.02. The molecule has 1 aromatic carbocycles. The van der Waals surface area contributed by atoms with E-state index in [9.17, 15) is 4.39 Å². The highest BCUT2D eigenvalue weighted by Gasteiger charge is 2.35. The van der Waals surface area contributed by atoms with Crippen molar-refractivity contribution in [1.82, 2.24) is 24.5 Å². The van der Waals surface area contributed by atoms with Crippen molar-refractivity contribution in [2.24, 2.45) is 0 Å². The lowest BCUT2D eigenvalue weighted by Gasteiger charge is -2.11. The van der Waals surface area contributed by atoms with Gasteiger partial charge in [0, 0.05) is 6.42 Å². The van der Waals surface area contributed by atoms with Crippen molar-refractivity contribution in [1.29, 1.82) is 0 Å². The van der Waals surface area contributed by atoms with Gasteiger partial charge in [-0.2, -0.15) is 10.1 Å². The fraction of sp³-hybridized carbons (Fsp3) is 0.214. The minimum atomic E-state index is -1.12. The van der Waals surface area contributed by atoms with Gasteiger partial charge in [-0.05, 0) is 5.56 Å². The summed E-state index contributed by atoms with van der Waals surface area (Å²) >= 11 is 5.84. The van der Waals surface area contributed by atoms with Crippen LogP contribution in [-0.4, -0.2) is 24.5 Å². The van der Waals surface area contributed by atoms with Crippen LogP contribution in [0, 0.1) is 0 Å². The van der Waals surface area contributed by atoms with Crippen LogP contribution in [0.15, 0.2) is 42.7 Å². The third kappa shape index (κ3) is 2.03. The van der Waals surface area contributed by atoms with Gasteiger partial charge in [0.1, 0.15) is 0 Å². The fourth-order valence-corrected chi connectivity index (χ4v) is 2.76. The van der Waals surface area contributed by atoms with Gasteiger partial charge in [0.05, 0.1) is 23.5 Å². The van der Waals surface area contributed by atoms with E-state index >= 15 is 0 Å². The first-order chi connectivity index (χ1) is 10.2. The quantitative estimate of drug-likeness (QED) is 0.731. The van der Waals surface area contributed by atoms with Gasteiger partial charge >= 0.3 is 0 Å². The molecule has 0 radical (unpaired) electrons. The molecule has 0 N–H and O–H groups in total. The summed E-state index contributed by atoms with van der Waals surface area (Å²) in [6.45, 7) is 0. The summed E-state index contributed by atoms with van der Waals surface area (Å²) in [6.07, 6.45) is 2.33. The Morgan fingerprint density at radius 2 is 2.05 bits per heavy atom. The lowest BCUT2D eigenvalue weighted by Crippen LogP contribution is -2.08. The molecule has 2 aromatic heterocycles. The van der Waals surface area contributed by atoms with Crippen LogP contribution in [0.3, 0.4) is 0 Å². The number of benzene rings is 1. The number of halogens is 2. The molecule has 0 spiro atoms. The van der Waals surface area contributed by atoms with E-state index in [1.807, 2.05) is 30.3 Å². The molecule has 3 heterocycles. The standard InChI is InChI=1S/C14H11ClFN5/c15-10-7-17-20(8-10)14-18-13-11(16)6-12(21(13)19-14)9-4-2-1-3-5-9/h1-5,7-8,11-12H,6H2/t11-,12-/m0/s1. The number of nitrogens with zero attached hydrogens (tertiary/aromatic N) is 5. The predicted molar refractivity (Wildman–Crippen MR) is 75.2 cm³/mol. The number of hydrogen-bond donors (Lipinski definition) is 0. The van der Waals surface area contributed by atoms with E-state index < -0.39 is 6.17 Å². The molecule has 7 heteroatoms. The first-order valence-corrected chi connectivity index (χ1v) is 6.96. The number of hydrogen-bond acceptors (Lipinski definition) is 3. The van der Waals surface area contributed by atoms with Crippen molar-refractivity contribution in [3.63, 3.8) is 0 Å². The molecule has 106 valence electrons.